The summed E-state index contributed by atoms with van der Waals surface area (Å²) in [6.45, 7) is 2.61. The molecule has 1 aromatic carbocycles. The van der Waals surface area contributed by atoms with E-state index in [4.69, 9.17) is 10.5 Å². The predicted molar refractivity (Wildman–Crippen MR) is 77.7 cm³/mol. The third-order valence-corrected chi connectivity index (χ3v) is 3.43. The molecule has 1 aromatic heterocycles. The number of carbonyl (C=O) groups excluding carboxylic acids is 1. The van der Waals surface area contributed by atoms with Crippen LogP contribution in [0, 0.1) is 5.82 Å². The summed E-state index contributed by atoms with van der Waals surface area (Å²) in [7, 11) is 0. The van der Waals surface area contributed by atoms with Crippen molar-refractivity contribution in [1.29, 1.82) is 0 Å². The molecule has 0 fully saturated rings. The van der Waals surface area contributed by atoms with Gasteiger partial charge in [-0.2, -0.15) is 0 Å². The summed E-state index contributed by atoms with van der Waals surface area (Å²) in [4.78, 5) is 12.0. The summed E-state index contributed by atoms with van der Waals surface area (Å²) in [6.07, 6.45) is 1.69. The number of carbonyl (C=O) groups is 1. The highest BCUT2D eigenvalue weighted by Gasteiger charge is 2.14. The van der Waals surface area contributed by atoms with Crippen LogP contribution in [0.25, 0.3) is 0 Å². The van der Waals surface area contributed by atoms with Gasteiger partial charge in [-0.3, -0.25) is 0 Å². The molecule has 0 saturated heterocycles. The van der Waals surface area contributed by atoms with E-state index in [9.17, 15) is 9.18 Å². The first kappa shape index (κ1) is 14.6. The lowest BCUT2D eigenvalue weighted by molar-refractivity contribution is 0.0460. The predicted octanol–water partition coefficient (Wildman–Crippen LogP) is 3.35. The van der Waals surface area contributed by atoms with E-state index in [1.807, 2.05) is 6.92 Å². The van der Waals surface area contributed by atoms with Gasteiger partial charge in [0.25, 0.3) is 0 Å². The molecule has 0 radical (unpaired) electrons. The second-order valence-corrected chi connectivity index (χ2v) is 5.12. The Kier molecular flexibility index (Phi) is 4.44. The Labute approximate surface area is 124 Å². The van der Waals surface area contributed by atoms with Crippen LogP contribution in [0.15, 0.2) is 34.9 Å². The second kappa shape index (κ2) is 6.09. The van der Waals surface area contributed by atoms with E-state index in [1.54, 1.807) is 29.0 Å². The van der Waals surface area contributed by atoms with Crippen molar-refractivity contribution < 1.29 is 13.9 Å². The molecule has 0 amide bonds. The zero-order chi connectivity index (χ0) is 14.7. The van der Waals surface area contributed by atoms with E-state index in [0.717, 1.165) is 0 Å². The van der Waals surface area contributed by atoms with Gasteiger partial charge in [-0.15, -0.1) is 0 Å². The van der Waals surface area contributed by atoms with Gasteiger partial charge in [-0.1, -0.05) is 6.07 Å². The zero-order valence-corrected chi connectivity index (χ0v) is 12.5. The summed E-state index contributed by atoms with van der Waals surface area (Å²) in [5, 5.41) is 0. The molecular formula is C14H14BrFN2O2. The van der Waals surface area contributed by atoms with Crippen LogP contribution >= 0.6 is 15.9 Å². The van der Waals surface area contributed by atoms with E-state index >= 15 is 0 Å². The van der Waals surface area contributed by atoms with Crippen molar-refractivity contribution in [2.75, 3.05) is 5.73 Å². The molecule has 106 valence electrons. The minimum absolute atomic E-state index is 0.0759. The molecule has 2 N–H and O–H groups in total. The fraction of sp³-hybridized carbons (Fsp3) is 0.214. The maximum absolute atomic E-state index is 13.1. The highest BCUT2D eigenvalue weighted by molar-refractivity contribution is 9.10. The van der Waals surface area contributed by atoms with Crippen LogP contribution in [0.2, 0.25) is 0 Å². The SMILES string of the molecule is CCn1cc(N)cc1C(=O)OCc1ccc(F)c(Br)c1. The van der Waals surface area contributed by atoms with Gasteiger partial charge in [-0.05, 0) is 46.6 Å². The molecule has 0 spiro atoms. The van der Waals surface area contributed by atoms with E-state index in [0.29, 0.717) is 28.0 Å². The van der Waals surface area contributed by atoms with Gasteiger partial charge in [0, 0.05) is 12.7 Å². The fourth-order valence-electron chi connectivity index (χ4n) is 1.82. The molecule has 0 aliphatic heterocycles. The molecule has 0 bridgehead atoms. The first-order valence-electron chi connectivity index (χ1n) is 6.08. The highest BCUT2D eigenvalue weighted by Crippen LogP contribution is 2.18. The monoisotopic (exact) mass is 340 g/mol. The van der Waals surface area contributed by atoms with Crippen molar-refractivity contribution in [2.24, 2.45) is 0 Å². The van der Waals surface area contributed by atoms with Crippen molar-refractivity contribution >= 4 is 27.6 Å². The molecule has 1 heterocycles. The van der Waals surface area contributed by atoms with Gasteiger partial charge in [0.05, 0.1) is 10.2 Å². The Morgan fingerprint density at radius 1 is 1.45 bits per heavy atom. The third kappa shape index (κ3) is 3.19. The quantitative estimate of drug-likeness (QED) is 0.868. The Morgan fingerprint density at radius 3 is 2.85 bits per heavy atom. The van der Waals surface area contributed by atoms with Crippen LogP contribution < -0.4 is 5.73 Å². The van der Waals surface area contributed by atoms with E-state index in [1.165, 1.54) is 6.07 Å². The molecule has 2 rings (SSSR count). The number of aromatic nitrogens is 1. The van der Waals surface area contributed by atoms with Crippen LogP contribution in [-0.2, 0) is 17.9 Å². The first-order chi connectivity index (χ1) is 9.51. The van der Waals surface area contributed by atoms with Gasteiger partial charge < -0.3 is 15.0 Å². The van der Waals surface area contributed by atoms with Crippen LogP contribution in [0.4, 0.5) is 10.1 Å². The topological polar surface area (TPSA) is 57.2 Å². The number of benzene rings is 1. The van der Waals surface area contributed by atoms with Gasteiger partial charge in [-0.25, -0.2) is 9.18 Å². The summed E-state index contributed by atoms with van der Waals surface area (Å²) >= 11 is 3.09. The first-order valence-corrected chi connectivity index (χ1v) is 6.87. The van der Waals surface area contributed by atoms with Crippen molar-refractivity contribution in [3.05, 3.63) is 52.0 Å². The fourth-order valence-corrected chi connectivity index (χ4v) is 2.24. The molecule has 0 atom stereocenters. The van der Waals surface area contributed by atoms with Crippen molar-refractivity contribution in [2.45, 2.75) is 20.1 Å². The summed E-state index contributed by atoms with van der Waals surface area (Å²) in [5.74, 6) is -0.809. The van der Waals surface area contributed by atoms with E-state index in [-0.39, 0.29) is 12.4 Å². The minimum atomic E-state index is -0.455. The van der Waals surface area contributed by atoms with Crippen LogP contribution in [0.1, 0.15) is 23.0 Å². The van der Waals surface area contributed by atoms with Gasteiger partial charge >= 0.3 is 5.97 Å². The van der Waals surface area contributed by atoms with E-state index in [2.05, 4.69) is 15.9 Å². The molecule has 0 saturated carbocycles. The highest BCUT2D eigenvalue weighted by atomic mass is 79.9. The lowest BCUT2D eigenvalue weighted by atomic mass is 10.2. The van der Waals surface area contributed by atoms with E-state index < -0.39 is 5.97 Å². The number of nitrogens with two attached hydrogens (primary N) is 1. The lowest BCUT2D eigenvalue weighted by Gasteiger charge is -2.07. The smallest absolute Gasteiger partial charge is 0.355 e. The Hall–Kier alpha value is -1.82. The summed E-state index contributed by atoms with van der Waals surface area (Å²) in [6, 6.07) is 6.04. The number of hydrogen-bond acceptors (Lipinski definition) is 3. The Morgan fingerprint density at radius 2 is 2.20 bits per heavy atom. The second-order valence-electron chi connectivity index (χ2n) is 4.27. The van der Waals surface area contributed by atoms with Crippen molar-refractivity contribution in [3.63, 3.8) is 0 Å². The number of nitrogen functional groups attached to an aromatic ring is 1. The molecule has 0 unspecified atom stereocenters. The maximum atomic E-state index is 13.1. The van der Waals surface area contributed by atoms with Gasteiger partial charge in [0.1, 0.15) is 18.1 Å². The number of rotatable bonds is 4. The average Bonchev–Trinajstić information content (AvgIpc) is 2.81. The summed E-state index contributed by atoms with van der Waals surface area (Å²) < 4.78 is 20.4. The Balaban J connectivity index is 2.06. The number of hydrogen-bond donors (Lipinski definition) is 1. The lowest BCUT2D eigenvalue weighted by Crippen LogP contribution is -2.11. The Bertz CT molecular complexity index is 640. The molecule has 4 nitrogen and oxygen atoms in total. The number of esters is 1. The summed E-state index contributed by atoms with van der Waals surface area (Å²) in [5.41, 5.74) is 7.29. The standard InChI is InChI=1S/C14H14BrFN2O2/c1-2-18-7-10(17)6-13(18)14(19)20-8-9-3-4-12(16)11(15)5-9/h3-7H,2,8,17H2,1H3. The van der Waals surface area contributed by atoms with Gasteiger partial charge in [0.15, 0.2) is 0 Å². The van der Waals surface area contributed by atoms with Crippen molar-refractivity contribution in [3.8, 4) is 0 Å². The number of halogens is 2. The number of aryl methyl sites for hydroxylation is 1. The van der Waals surface area contributed by atoms with Crippen LogP contribution in [0.5, 0.6) is 0 Å². The number of anilines is 1. The molecule has 6 heteroatoms. The third-order valence-electron chi connectivity index (χ3n) is 2.82. The maximum Gasteiger partial charge on any atom is 0.355 e. The number of nitrogens with zero attached hydrogens (tertiary/aromatic N) is 1. The zero-order valence-electron chi connectivity index (χ0n) is 10.9. The molecule has 0 aliphatic rings. The van der Waals surface area contributed by atoms with Crippen molar-refractivity contribution in [1.82, 2.24) is 4.57 Å². The average molecular weight is 341 g/mol. The molecular weight excluding hydrogens is 327 g/mol. The van der Waals surface area contributed by atoms with Crippen LogP contribution in [-0.4, -0.2) is 10.5 Å². The molecule has 2 aromatic rings. The molecule has 20 heavy (non-hydrogen) atoms. The molecule has 0 aliphatic carbocycles. The van der Waals surface area contributed by atoms with Crippen LogP contribution in [0.3, 0.4) is 0 Å². The number of ether oxygens (including phenoxy) is 1. The van der Waals surface area contributed by atoms with Gasteiger partial charge in [0.2, 0.25) is 0 Å². The largest absolute Gasteiger partial charge is 0.456 e. The normalized spacial score (nSPS) is 10.6. The minimum Gasteiger partial charge on any atom is -0.456 e.